The molecule has 1 fully saturated rings. The molecule has 27 heavy (non-hydrogen) atoms. The molecule has 2 unspecified atom stereocenters. The van der Waals surface area contributed by atoms with Crippen molar-refractivity contribution in [1.29, 1.82) is 0 Å². The molecule has 1 saturated heterocycles. The number of nitrogens with zero attached hydrogens (tertiary/aromatic N) is 2. The number of rotatable bonds is 3. The fraction of sp³-hybridized carbons (Fsp3) is 0.368. The van der Waals surface area contributed by atoms with Gasteiger partial charge in [-0.05, 0) is 38.5 Å². The van der Waals surface area contributed by atoms with Gasteiger partial charge in [-0.1, -0.05) is 23.7 Å². The lowest BCUT2D eigenvalue weighted by molar-refractivity contribution is -0.137. The summed E-state index contributed by atoms with van der Waals surface area (Å²) in [6.07, 6.45) is -0.244. The Morgan fingerprint density at radius 2 is 2.00 bits per heavy atom. The highest BCUT2D eigenvalue weighted by molar-refractivity contribution is 7.16. The highest BCUT2D eigenvalue weighted by Crippen LogP contribution is 2.42. The number of halogens is 1. The number of nitrogens with one attached hydrogen (secondary N) is 2. The maximum absolute atomic E-state index is 11.5. The van der Waals surface area contributed by atoms with Crippen LogP contribution in [0.5, 0.6) is 0 Å². The Bertz CT molecular complexity index is 925. The SMILES string of the molecule is Cc1sc2c(c1C)C(c1ccc(Cl)cc1)=N[C@H](CC(=O)O)C1NNC(C)N21. The molecule has 8 heteroatoms. The van der Waals surface area contributed by atoms with Crippen molar-refractivity contribution in [2.45, 2.75) is 45.6 Å². The van der Waals surface area contributed by atoms with Gasteiger partial charge in [0.25, 0.3) is 0 Å². The molecule has 0 aliphatic carbocycles. The molecule has 3 N–H and O–H groups in total. The van der Waals surface area contributed by atoms with Crippen LogP contribution in [0.3, 0.4) is 0 Å². The van der Waals surface area contributed by atoms with Gasteiger partial charge in [-0.3, -0.25) is 9.79 Å². The van der Waals surface area contributed by atoms with Gasteiger partial charge in [-0.2, -0.15) is 0 Å². The molecule has 0 saturated carbocycles. The number of carboxylic acid groups (broad SMARTS) is 1. The zero-order valence-electron chi connectivity index (χ0n) is 15.3. The summed E-state index contributed by atoms with van der Waals surface area (Å²) in [6.45, 7) is 6.27. The predicted molar refractivity (Wildman–Crippen MR) is 109 cm³/mol. The maximum Gasteiger partial charge on any atom is 0.305 e. The molecule has 2 aromatic rings. The van der Waals surface area contributed by atoms with E-state index in [1.54, 1.807) is 11.3 Å². The van der Waals surface area contributed by atoms with Gasteiger partial charge in [0, 0.05) is 21.0 Å². The number of hydrogen-bond donors (Lipinski definition) is 3. The van der Waals surface area contributed by atoms with E-state index in [0.29, 0.717) is 5.02 Å². The van der Waals surface area contributed by atoms with Crippen LogP contribution < -0.4 is 15.8 Å². The number of aliphatic imine (C=N–C) groups is 1. The molecule has 0 bridgehead atoms. The van der Waals surface area contributed by atoms with Crippen LogP contribution in [-0.2, 0) is 4.79 Å². The molecule has 6 nitrogen and oxygen atoms in total. The number of carboxylic acids is 1. The molecule has 0 amide bonds. The van der Waals surface area contributed by atoms with Crippen molar-refractivity contribution in [3.8, 4) is 0 Å². The van der Waals surface area contributed by atoms with E-state index < -0.39 is 12.0 Å². The number of anilines is 1. The Labute approximate surface area is 166 Å². The number of aliphatic carboxylic acids is 1. The number of hydrazine groups is 1. The molecule has 2 aliphatic heterocycles. The summed E-state index contributed by atoms with van der Waals surface area (Å²) in [5.41, 5.74) is 10.5. The first-order chi connectivity index (χ1) is 12.9. The van der Waals surface area contributed by atoms with Crippen molar-refractivity contribution >= 4 is 39.6 Å². The zero-order valence-corrected chi connectivity index (χ0v) is 16.9. The van der Waals surface area contributed by atoms with Gasteiger partial charge >= 0.3 is 5.97 Å². The van der Waals surface area contributed by atoms with Crippen LogP contribution in [0.4, 0.5) is 5.00 Å². The van der Waals surface area contributed by atoms with E-state index in [0.717, 1.165) is 21.8 Å². The Kier molecular flexibility index (Phi) is 4.71. The predicted octanol–water partition coefficient (Wildman–Crippen LogP) is 3.30. The quantitative estimate of drug-likeness (QED) is 0.731. The third-order valence-electron chi connectivity index (χ3n) is 5.16. The monoisotopic (exact) mass is 404 g/mol. The second-order valence-corrected chi connectivity index (χ2v) is 8.57. The summed E-state index contributed by atoms with van der Waals surface area (Å²) < 4.78 is 0. The van der Waals surface area contributed by atoms with E-state index in [-0.39, 0.29) is 18.8 Å². The second-order valence-electron chi connectivity index (χ2n) is 6.93. The molecular weight excluding hydrogens is 384 g/mol. The van der Waals surface area contributed by atoms with Crippen LogP contribution in [-0.4, -0.2) is 35.2 Å². The minimum Gasteiger partial charge on any atom is -0.481 e. The van der Waals surface area contributed by atoms with Crippen LogP contribution in [0.2, 0.25) is 5.02 Å². The van der Waals surface area contributed by atoms with E-state index in [9.17, 15) is 9.90 Å². The van der Waals surface area contributed by atoms with Crippen molar-refractivity contribution in [3.63, 3.8) is 0 Å². The summed E-state index contributed by atoms with van der Waals surface area (Å²) in [7, 11) is 0. The summed E-state index contributed by atoms with van der Waals surface area (Å²) in [5.74, 6) is -0.862. The van der Waals surface area contributed by atoms with Gasteiger partial charge in [0.2, 0.25) is 0 Å². The standard InChI is InChI=1S/C19H21ClN4O2S/c1-9-10(2)27-19-16(9)17(12-4-6-13(20)7-5-12)21-14(8-15(25)26)18-23-22-11(3)24(18)19/h4-7,11,14,18,22-23H,8H2,1-3H3,(H,25,26)/t11?,14-,18?/m1/s1. The molecular formula is C19H21ClN4O2S. The molecule has 3 atom stereocenters. The Morgan fingerprint density at radius 1 is 1.30 bits per heavy atom. The van der Waals surface area contributed by atoms with Gasteiger partial charge < -0.3 is 10.0 Å². The van der Waals surface area contributed by atoms with Crippen molar-refractivity contribution in [2.24, 2.45) is 4.99 Å². The third kappa shape index (κ3) is 3.14. The molecule has 0 spiro atoms. The largest absolute Gasteiger partial charge is 0.481 e. The highest BCUT2D eigenvalue weighted by atomic mass is 35.5. The number of hydrogen-bond acceptors (Lipinski definition) is 6. The molecule has 1 aromatic heterocycles. The number of benzene rings is 1. The van der Waals surface area contributed by atoms with Crippen LogP contribution in [0.1, 0.15) is 34.9 Å². The van der Waals surface area contributed by atoms with Gasteiger partial charge in [-0.15, -0.1) is 11.3 Å². The van der Waals surface area contributed by atoms with Gasteiger partial charge in [0.05, 0.1) is 24.3 Å². The van der Waals surface area contributed by atoms with Gasteiger partial charge in [-0.25, -0.2) is 10.9 Å². The van der Waals surface area contributed by atoms with E-state index in [2.05, 4.69) is 36.5 Å². The van der Waals surface area contributed by atoms with Gasteiger partial charge in [0.1, 0.15) is 11.2 Å². The molecule has 1 aromatic carbocycles. The number of fused-ring (bicyclic) bond motifs is 3. The fourth-order valence-corrected chi connectivity index (χ4v) is 5.10. The van der Waals surface area contributed by atoms with E-state index in [1.165, 1.54) is 10.4 Å². The number of carbonyl (C=O) groups is 1. The summed E-state index contributed by atoms with van der Waals surface area (Å²) in [5, 5.41) is 11.2. The van der Waals surface area contributed by atoms with Crippen LogP contribution >= 0.6 is 22.9 Å². The zero-order chi connectivity index (χ0) is 19.3. The molecule has 2 aliphatic rings. The second kappa shape index (κ2) is 6.91. The lowest BCUT2D eigenvalue weighted by atomic mass is 9.99. The van der Waals surface area contributed by atoms with Crippen molar-refractivity contribution < 1.29 is 9.90 Å². The van der Waals surface area contributed by atoms with Crippen LogP contribution in [0.15, 0.2) is 29.3 Å². The van der Waals surface area contributed by atoms with Gasteiger partial charge in [0.15, 0.2) is 0 Å². The number of aryl methyl sites for hydroxylation is 1. The summed E-state index contributed by atoms with van der Waals surface area (Å²) in [6, 6.07) is 7.15. The van der Waals surface area contributed by atoms with Crippen LogP contribution in [0.25, 0.3) is 0 Å². The lowest BCUT2D eigenvalue weighted by Gasteiger charge is -2.29. The Hall–Kier alpha value is -1.93. The minimum atomic E-state index is -0.862. The average molecular weight is 405 g/mol. The topological polar surface area (TPSA) is 77.0 Å². The smallest absolute Gasteiger partial charge is 0.305 e. The molecule has 0 radical (unpaired) electrons. The molecule has 142 valence electrons. The molecule has 4 rings (SSSR count). The fourth-order valence-electron chi connectivity index (χ4n) is 3.70. The minimum absolute atomic E-state index is 0.0299. The van der Waals surface area contributed by atoms with Crippen molar-refractivity contribution in [3.05, 3.63) is 50.9 Å². The normalized spacial score (nSPS) is 24.2. The maximum atomic E-state index is 11.5. The first-order valence-corrected chi connectivity index (χ1v) is 10.0. The lowest BCUT2D eigenvalue weighted by Crippen LogP contribution is -2.46. The Balaban J connectivity index is 1.95. The highest BCUT2D eigenvalue weighted by Gasteiger charge is 2.42. The van der Waals surface area contributed by atoms with E-state index >= 15 is 0 Å². The first-order valence-electron chi connectivity index (χ1n) is 8.82. The third-order valence-corrected chi connectivity index (χ3v) is 6.63. The summed E-state index contributed by atoms with van der Waals surface area (Å²) in [4.78, 5) is 19.9. The Morgan fingerprint density at radius 3 is 2.67 bits per heavy atom. The molecule has 3 heterocycles. The van der Waals surface area contributed by atoms with E-state index in [1.807, 2.05) is 24.3 Å². The van der Waals surface area contributed by atoms with Crippen LogP contribution in [0, 0.1) is 13.8 Å². The average Bonchev–Trinajstić information content (AvgIpc) is 3.08. The van der Waals surface area contributed by atoms with Crippen molar-refractivity contribution in [1.82, 2.24) is 10.9 Å². The number of thiophene rings is 1. The first kappa shape index (κ1) is 18.4. The van der Waals surface area contributed by atoms with E-state index in [4.69, 9.17) is 16.6 Å². The van der Waals surface area contributed by atoms with Crippen molar-refractivity contribution in [2.75, 3.05) is 4.90 Å². The summed E-state index contributed by atoms with van der Waals surface area (Å²) >= 11 is 7.80.